The van der Waals surface area contributed by atoms with E-state index >= 15 is 0 Å². The zero-order valence-corrected chi connectivity index (χ0v) is 16.8. The zero-order valence-electron chi connectivity index (χ0n) is 16.0. The van der Waals surface area contributed by atoms with E-state index in [1.807, 2.05) is 32.0 Å². The Morgan fingerprint density at radius 1 is 1.33 bits per heavy atom. The van der Waals surface area contributed by atoms with Crippen LogP contribution >= 0.6 is 12.2 Å². The summed E-state index contributed by atoms with van der Waals surface area (Å²) in [6.45, 7) is 5.25. The number of carbonyl (C=O) groups is 1. The monoisotopic (exact) mass is 390 g/mol. The number of ether oxygens (including phenoxy) is 1. The van der Waals surface area contributed by atoms with E-state index in [2.05, 4.69) is 20.3 Å². The molecule has 0 amide bonds. The molecule has 1 aromatic heterocycles. The second-order valence-corrected chi connectivity index (χ2v) is 6.64. The van der Waals surface area contributed by atoms with Crippen molar-refractivity contribution in [2.24, 2.45) is 10.2 Å². The van der Waals surface area contributed by atoms with Gasteiger partial charge in [-0.15, -0.1) is 10.2 Å². The third kappa shape index (κ3) is 5.50. The number of rotatable bonds is 8. The van der Waals surface area contributed by atoms with Crippen LogP contribution in [0.15, 0.2) is 28.4 Å². The fourth-order valence-electron chi connectivity index (χ4n) is 2.86. The molecule has 0 aliphatic carbocycles. The van der Waals surface area contributed by atoms with Crippen LogP contribution in [0.4, 0.5) is 5.69 Å². The smallest absolute Gasteiger partial charge is 0.305 e. The number of aromatic nitrogens is 1. The lowest BCUT2D eigenvalue weighted by molar-refractivity contribution is -0.140. The van der Waals surface area contributed by atoms with Gasteiger partial charge >= 0.3 is 5.97 Å². The minimum absolute atomic E-state index is 0.0902. The van der Waals surface area contributed by atoms with Crippen LogP contribution in [0, 0.1) is 6.92 Å². The van der Waals surface area contributed by atoms with Gasteiger partial charge in [-0.2, -0.15) is 0 Å². The molecule has 0 radical (unpaired) electrons. The molecule has 0 fully saturated rings. The Morgan fingerprint density at radius 3 is 2.81 bits per heavy atom. The van der Waals surface area contributed by atoms with Crippen LogP contribution in [-0.4, -0.2) is 34.4 Å². The molecule has 0 unspecified atom stereocenters. The van der Waals surface area contributed by atoms with E-state index in [1.165, 1.54) is 7.11 Å². The van der Waals surface area contributed by atoms with Gasteiger partial charge in [0, 0.05) is 24.9 Å². The Morgan fingerprint density at radius 2 is 2.11 bits per heavy atom. The Labute approximate surface area is 164 Å². The Hall–Kier alpha value is -2.48. The first-order valence-electron chi connectivity index (χ1n) is 9.06. The Kier molecular flexibility index (Phi) is 7.72. The second-order valence-electron chi connectivity index (χ2n) is 6.26. The first-order valence-corrected chi connectivity index (χ1v) is 9.47. The highest BCUT2D eigenvalue weighted by atomic mass is 32.1. The molecule has 2 rings (SSSR count). The topological polar surface area (TPSA) is 88.2 Å². The van der Waals surface area contributed by atoms with Gasteiger partial charge in [-0.05, 0) is 51.0 Å². The van der Waals surface area contributed by atoms with Gasteiger partial charge in [0.2, 0.25) is 11.0 Å². The van der Waals surface area contributed by atoms with Crippen molar-refractivity contribution in [3.05, 3.63) is 23.8 Å². The average molecular weight is 391 g/mol. The number of thiocarbonyl (C=S) groups is 1. The number of hydrogen-bond donors (Lipinski definition) is 2. The molecular formula is C19H26N4O3S. The second kappa shape index (κ2) is 10.0. The maximum Gasteiger partial charge on any atom is 0.305 e. The predicted octanol–water partition coefficient (Wildman–Crippen LogP) is 4.37. The van der Waals surface area contributed by atoms with E-state index in [0.29, 0.717) is 25.2 Å². The third-order valence-electron chi connectivity index (χ3n) is 4.28. The summed E-state index contributed by atoms with van der Waals surface area (Å²) in [4.78, 5) is 11.0. The van der Waals surface area contributed by atoms with Gasteiger partial charge in [-0.1, -0.05) is 18.1 Å². The summed E-state index contributed by atoms with van der Waals surface area (Å²) in [5.41, 5.74) is 2.43. The number of aromatic hydroxyl groups is 1. The van der Waals surface area contributed by atoms with Gasteiger partial charge in [0.25, 0.3) is 0 Å². The van der Waals surface area contributed by atoms with Crippen molar-refractivity contribution in [3.8, 4) is 5.88 Å². The number of nitrogens with zero attached hydrogens (tertiary/aromatic N) is 3. The lowest BCUT2D eigenvalue weighted by Gasteiger charge is -2.03. The minimum Gasteiger partial charge on any atom is -0.493 e. The van der Waals surface area contributed by atoms with Crippen LogP contribution in [0.3, 0.4) is 0 Å². The summed E-state index contributed by atoms with van der Waals surface area (Å²) in [7, 11) is 1.39. The molecule has 0 aliphatic rings. The molecule has 0 spiro atoms. The van der Waals surface area contributed by atoms with Gasteiger partial charge in [0.1, 0.15) is 0 Å². The van der Waals surface area contributed by atoms with Crippen LogP contribution in [-0.2, 0) is 16.1 Å². The van der Waals surface area contributed by atoms with E-state index in [1.54, 1.807) is 4.57 Å². The standard InChI is InChI=1S/C19H26N4O3S/c1-4-23-15-10-9-13(2)12-14(15)17(18(23)25)21-22-19(27)20-11-7-5-6-8-16(24)26-3/h9-10,12,25H,4-8,11H2,1-3H3,(H,20,27). The first kappa shape index (κ1) is 20.8. The summed E-state index contributed by atoms with van der Waals surface area (Å²) < 4.78 is 6.39. The Bertz CT molecular complexity index is 845. The normalized spacial score (nSPS) is 11.2. The van der Waals surface area contributed by atoms with Crippen molar-refractivity contribution in [2.45, 2.75) is 46.1 Å². The molecule has 0 atom stereocenters. The summed E-state index contributed by atoms with van der Waals surface area (Å²) in [5, 5.41) is 22.8. The molecule has 0 aliphatic heterocycles. The summed E-state index contributed by atoms with van der Waals surface area (Å²) >= 11 is 5.18. The number of esters is 1. The number of methoxy groups -OCH3 is 1. The third-order valence-corrected chi connectivity index (χ3v) is 4.51. The molecule has 0 bridgehead atoms. The summed E-state index contributed by atoms with van der Waals surface area (Å²) in [5.74, 6) is -0.0963. The van der Waals surface area contributed by atoms with Gasteiger partial charge in [-0.3, -0.25) is 4.79 Å². The maximum atomic E-state index is 11.0. The van der Waals surface area contributed by atoms with Gasteiger partial charge in [0.05, 0.1) is 12.6 Å². The molecule has 1 aromatic carbocycles. The number of aryl methyl sites for hydroxylation is 2. The predicted molar refractivity (Wildman–Crippen MR) is 110 cm³/mol. The number of carbonyl (C=O) groups excluding carboxylic acids is 1. The first-order chi connectivity index (χ1) is 13.0. The van der Waals surface area contributed by atoms with E-state index < -0.39 is 0 Å². The van der Waals surface area contributed by atoms with Gasteiger partial charge < -0.3 is 19.7 Å². The molecular weight excluding hydrogens is 364 g/mol. The number of nitrogens with one attached hydrogen (secondary N) is 1. The highest BCUT2D eigenvalue weighted by Crippen LogP contribution is 2.39. The molecule has 1 heterocycles. The number of benzene rings is 1. The fraction of sp³-hybridized carbons (Fsp3) is 0.474. The number of unbranched alkanes of at least 4 members (excludes halogenated alkanes) is 2. The van der Waals surface area contributed by atoms with E-state index in [-0.39, 0.29) is 17.0 Å². The largest absolute Gasteiger partial charge is 0.493 e. The van der Waals surface area contributed by atoms with E-state index in [9.17, 15) is 9.90 Å². The number of hydrogen-bond acceptors (Lipinski definition) is 5. The molecule has 27 heavy (non-hydrogen) atoms. The summed E-state index contributed by atoms with van der Waals surface area (Å²) in [6.07, 6.45) is 2.98. The molecule has 146 valence electrons. The van der Waals surface area contributed by atoms with Crippen LogP contribution in [0.5, 0.6) is 5.88 Å². The molecule has 8 heteroatoms. The van der Waals surface area contributed by atoms with Crippen LogP contribution in [0.2, 0.25) is 0 Å². The highest BCUT2D eigenvalue weighted by Gasteiger charge is 2.15. The van der Waals surface area contributed by atoms with Gasteiger partial charge in [-0.25, -0.2) is 0 Å². The molecule has 2 aromatic rings. The average Bonchev–Trinajstić information content (AvgIpc) is 2.92. The highest BCUT2D eigenvalue weighted by molar-refractivity contribution is 7.80. The molecule has 7 nitrogen and oxygen atoms in total. The van der Waals surface area contributed by atoms with Crippen molar-refractivity contribution in [2.75, 3.05) is 13.7 Å². The van der Waals surface area contributed by atoms with Crippen molar-refractivity contribution in [1.29, 1.82) is 0 Å². The minimum atomic E-state index is -0.187. The fourth-order valence-corrected chi connectivity index (χ4v) is 3.00. The SMILES string of the molecule is CCn1c(O)c(N=NC(=S)NCCCCCC(=O)OC)c2cc(C)ccc21. The molecule has 0 saturated heterocycles. The van der Waals surface area contributed by atoms with Crippen LogP contribution < -0.4 is 5.32 Å². The van der Waals surface area contributed by atoms with Crippen LogP contribution in [0.1, 0.15) is 38.2 Å². The molecule has 0 saturated carbocycles. The number of fused-ring (bicyclic) bond motifs is 1. The van der Waals surface area contributed by atoms with E-state index in [0.717, 1.165) is 35.7 Å². The molecule has 2 N–H and O–H groups in total. The maximum absolute atomic E-state index is 11.0. The zero-order chi connectivity index (χ0) is 19.8. The quantitative estimate of drug-likeness (QED) is 0.302. The summed E-state index contributed by atoms with van der Waals surface area (Å²) in [6, 6.07) is 5.95. The van der Waals surface area contributed by atoms with Crippen molar-refractivity contribution < 1.29 is 14.6 Å². The Balaban J connectivity index is 1.93. The van der Waals surface area contributed by atoms with Crippen molar-refractivity contribution >= 4 is 39.9 Å². The van der Waals surface area contributed by atoms with E-state index in [4.69, 9.17) is 12.2 Å². The van der Waals surface area contributed by atoms with Crippen LogP contribution in [0.25, 0.3) is 10.9 Å². The number of azo groups is 1. The lowest BCUT2D eigenvalue weighted by Crippen LogP contribution is -2.20. The lowest BCUT2D eigenvalue weighted by atomic mass is 10.1. The van der Waals surface area contributed by atoms with Gasteiger partial charge in [0.15, 0.2) is 5.69 Å². The van der Waals surface area contributed by atoms with Crippen molar-refractivity contribution in [1.82, 2.24) is 9.88 Å². The van der Waals surface area contributed by atoms with Crippen molar-refractivity contribution in [3.63, 3.8) is 0 Å².